The minimum absolute atomic E-state index is 0.885. The fourth-order valence-electron chi connectivity index (χ4n) is 3.61. The number of hydrogen-bond donors (Lipinski definition) is 0. The van der Waals surface area contributed by atoms with Gasteiger partial charge in [-0.1, -0.05) is 11.6 Å². The van der Waals surface area contributed by atoms with Crippen LogP contribution in [-0.2, 0) is 4.74 Å². The molecular weight excluding hydrogens is 210 g/mol. The van der Waals surface area contributed by atoms with Gasteiger partial charge in [-0.25, -0.2) is 0 Å². The van der Waals surface area contributed by atoms with E-state index in [0.717, 1.165) is 32.2 Å². The average Bonchev–Trinajstić information content (AvgIpc) is 2.48. The summed E-state index contributed by atoms with van der Waals surface area (Å²) in [6.45, 7) is 3.89. The lowest BCUT2D eigenvalue weighted by Crippen LogP contribution is -2.35. The fraction of sp³-hybridized carbons (Fsp3) is 0.600. The normalized spacial score (nSPS) is 31.5. The molecule has 90 valence electrons. The first-order valence-electron chi connectivity index (χ1n) is 6.87. The summed E-state index contributed by atoms with van der Waals surface area (Å²) in [5, 5.41) is 0. The zero-order valence-electron chi connectivity index (χ0n) is 10.2. The van der Waals surface area contributed by atoms with Crippen LogP contribution in [0.2, 0.25) is 0 Å². The van der Waals surface area contributed by atoms with E-state index in [1.54, 1.807) is 16.7 Å². The van der Waals surface area contributed by atoms with E-state index in [-0.39, 0.29) is 0 Å². The van der Waals surface area contributed by atoms with Gasteiger partial charge in [0, 0.05) is 18.8 Å². The quantitative estimate of drug-likeness (QED) is 0.685. The van der Waals surface area contributed by atoms with Crippen molar-refractivity contribution in [3.05, 3.63) is 34.6 Å². The topological polar surface area (TPSA) is 12.5 Å². The first kappa shape index (κ1) is 9.95. The third-order valence-corrected chi connectivity index (χ3v) is 4.70. The Bertz CT molecular complexity index is 438. The lowest BCUT2D eigenvalue weighted by atomic mass is 9.65. The maximum Gasteiger partial charge on any atom is 0.0642 e. The molecule has 0 radical (unpaired) electrons. The van der Waals surface area contributed by atoms with Crippen LogP contribution in [0.4, 0.5) is 0 Å². The summed E-state index contributed by atoms with van der Waals surface area (Å²) in [5.41, 5.74) is 6.56. The van der Waals surface area contributed by atoms with E-state index >= 15 is 0 Å². The van der Waals surface area contributed by atoms with Gasteiger partial charge < -0.3 is 9.64 Å². The van der Waals surface area contributed by atoms with Gasteiger partial charge in [0.05, 0.1) is 13.2 Å². The summed E-state index contributed by atoms with van der Waals surface area (Å²) in [5.74, 6) is 0.885. The molecule has 4 bridgehead atoms. The first-order chi connectivity index (χ1) is 8.42. The van der Waals surface area contributed by atoms with Crippen LogP contribution < -0.4 is 0 Å². The smallest absolute Gasteiger partial charge is 0.0642 e. The molecule has 1 unspecified atom stereocenters. The molecule has 2 heteroatoms. The summed E-state index contributed by atoms with van der Waals surface area (Å²) in [6.07, 6.45) is 10.2. The van der Waals surface area contributed by atoms with E-state index in [1.165, 1.54) is 31.4 Å². The Morgan fingerprint density at radius 2 is 2.12 bits per heavy atom. The predicted octanol–water partition coefficient (Wildman–Crippen LogP) is 2.64. The number of ether oxygens (including phenoxy) is 1. The maximum absolute atomic E-state index is 5.44. The summed E-state index contributed by atoms with van der Waals surface area (Å²) < 4.78 is 5.44. The number of morpholine rings is 1. The van der Waals surface area contributed by atoms with E-state index in [2.05, 4.69) is 17.1 Å². The van der Waals surface area contributed by atoms with Crippen molar-refractivity contribution < 1.29 is 4.74 Å². The van der Waals surface area contributed by atoms with Crippen LogP contribution >= 0.6 is 0 Å². The average molecular weight is 229 g/mol. The Balaban J connectivity index is 1.64. The second-order valence-electron chi connectivity index (χ2n) is 5.55. The molecule has 1 saturated carbocycles. The SMILES string of the molecule is C1=C2C3=C(CC=C1N1CCOCC1)CCC2C3. The number of fused-ring (bicyclic) bond motifs is 1. The van der Waals surface area contributed by atoms with Crippen molar-refractivity contribution in [2.45, 2.75) is 25.7 Å². The Hall–Kier alpha value is -1.02. The van der Waals surface area contributed by atoms with E-state index in [0.29, 0.717) is 0 Å². The highest BCUT2D eigenvalue weighted by Crippen LogP contribution is 2.52. The zero-order valence-corrected chi connectivity index (χ0v) is 10.2. The third kappa shape index (κ3) is 1.50. The first-order valence-corrected chi connectivity index (χ1v) is 6.87. The summed E-state index contributed by atoms with van der Waals surface area (Å²) >= 11 is 0. The molecule has 0 aromatic rings. The molecule has 2 fully saturated rings. The monoisotopic (exact) mass is 229 g/mol. The van der Waals surface area contributed by atoms with Crippen molar-refractivity contribution in [2.24, 2.45) is 5.92 Å². The van der Waals surface area contributed by atoms with E-state index in [1.807, 2.05) is 0 Å². The fourth-order valence-corrected chi connectivity index (χ4v) is 3.61. The Morgan fingerprint density at radius 3 is 2.94 bits per heavy atom. The molecule has 5 rings (SSSR count). The van der Waals surface area contributed by atoms with Crippen LogP contribution in [-0.4, -0.2) is 31.2 Å². The van der Waals surface area contributed by atoms with Crippen molar-refractivity contribution in [3.8, 4) is 0 Å². The van der Waals surface area contributed by atoms with E-state index in [9.17, 15) is 0 Å². The van der Waals surface area contributed by atoms with Gasteiger partial charge in [0.15, 0.2) is 0 Å². The van der Waals surface area contributed by atoms with Crippen molar-refractivity contribution in [2.75, 3.05) is 26.3 Å². The molecule has 5 aliphatic rings. The molecule has 0 aromatic carbocycles. The molecule has 1 heterocycles. The minimum atomic E-state index is 0.885. The van der Waals surface area contributed by atoms with Crippen LogP contribution in [0.1, 0.15) is 25.7 Å². The summed E-state index contributed by atoms with van der Waals surface area (Å²) in [7, 11) is 0. The second kappa shape index (κ2) is 3.74. The standard InChI is InChI=1S/C15H19NO/c1-2-12-9-14-11(1)3-4-13(10-15(12)14)16-5-7-17-8-6-16/h4,10,12H,1-3,5-9H2. The van der Waals surface area contributed by atoms with Crippen molar-refractivity contribution in [1.29, 1.82) is 0 Å². The van der Waals surface area contributed by atoms with Gasteiger partial charge in [-0.3, -0.25) is 0 Å². The van der Waals surface area contributed by atoms with Gasteiger partial charge in [-0.2, -0.15) is 0 Å². The summed E-state index contributed by atoms with van der Waals surface area (Å²) in [6, 6.07) is 0. The maximum atomic E-state index is 5.44. The van der Waals surface area contributed by atoms with Gasteiger partial charge >= 0.3 is 0 Å². The number of allylic oxidation sites excluding steroid dienone is 5. The molecule has 1 atom stereocenters. The van der Waals surface area contributed by atoms with Crippen molar-refractivity contribution >= 4 is 0 Å². The molecule has 2 nitrogen and oxygen atoms in total. The van der Waals surface area contributed by atoms with Gasteiger partial charge in [-0.05, 0) is 48.8 Å². The molecule has 17 heavy (non-hydrogen) atoms. The predicted molar refractivity (Wildman–Crippen MR) is 67.5 cm³/mol. The van der Waals surface area contributed by atoms with E-state index in [4.69, 9.17) is 4.74 Å². The molecule has 0 spiro atoms. The van der Waals surface area contributed by atoms with Crippen LogP contribution in [0.15, 0.2) is 34.6 Å². The lowest BCUT2D eigenvalue weighted by Gasteiger charge is -2.40. The minimum Gasteiger partial charge on any atom is -0.378 e. The highest BCUT2D eigenvalue weighted by molar-refractivity contribution is 5.53. The van der Waals surface area contributed by atoms with Gasteiger partial charge in [0.1, 0.15) is 0 Å². The molecular formula is C15H19NO. The van der Waals surface area contributed by atoms with Crippen molar-refractivity contribution in [1.82, 2.24) is 4.90 Å². The Labute approximate surface area is 103 Å². The highest BCUT2D eigenvalue weighted by atomic mass is 16.5. The molecule has 4 aliphatic carbocycles. The number of nitrogens with zero attached hydrogens (tertiary/aromatic N) is 1. The Kier molecular flexibility index (Phi) is 2.19. The van der Waals surface area contributed by atoms with Crippen LogP contribution in [0, 0.1) is 5.92 Å². The molecule has 0 amide bonds. The summed E-state index contributed by atoms with van der Waals surface area (Å²) in [4.78, 5) is 2.50. The van der Waals surface area contributed by atoms with Crippen LogP contribution in [0.5, 0.6) is 0 Å². The van der Waals surface area contributed by atoms with Gasteiger partial charge in [-0.15, -0.1) is 0 Å². The number of rotatable bonds is 1. The molecule has 0 N–H and O–H groups in total. The van der Waals surface area contributed by atoms with Gasteiger partial charge in [0.25, 0.3) is 0 Å². The van der Waals surface area contributed by atoms with E-state index < -0.39 is 0 Å². The third-order valence-electron chi connectivity index (χ3n) is 4.70. The molecule has 1 aliphatic heterocycles. The van der Waals surface area contributed by atoms with Crippen molar-refractivity contribution in [3.63, 3.8) is 0 Å². The largest absolute Gasteiger partial charge is 0.378 e. The zero-order chi connectivity index (χ0) is 11.2. The molecule has 1 saturated heterocycles. The van der Waals surface area contributed by atoms with Gasteiger partial charge in [0.2, 0.25) is 0 Å². The lowest BCUT2D eigenvalue weighted by molar-refractivity contribution is 0.0552. The second-order valence-corrected chi connectivity index (χ2v) is 5.55. The van der Waals surface area contributed by atoms with Crippen LogP contribution in [0.25, 0.3) is 0 Å². The highest BCUT2D eigenvalue weighted by Gasteiger charge is 2.37. The number of hydrogen-bond acceptors (Lipinski definition) is 2. The van der Waals surface area contributed by atoms with Crippen LogP contribution in [0.3, 0.4) is 0 Å². The Morgan fingerprint density at radius 1 is 1.24 bits per heavy atom. The molecule has 0 aromatic heterocycles.